The number of hydrogen-bond acceptors (Lipinski definition) is 4. The van der Waals surface area contributed by atoms with Gasteiger partial charge in [-0.15, -0.1) is 0 Å². The fourth-order valence-electron chi connectivity index (χ4n) is 2.65. The van der Waals surface area contributed by atoms with Crippen LogP contribution < -0.4 is 5.32 Å². The van der Waals surface area contributed by atoms with E-state index in [9.17, 15) is 4.79 Å². The molecule has 0 unspecified atom stereocenters. The molecule has 0 saturated heterocycles. The van der Waals surface area contributed by atoms with E-state index in [4.69, 9.17) is 9.15 Å². The van der Waals surface area contributed by atoms with Crippen LogP contribution in [-0.2, 0) is 17.7 Å². The Kier molecular flexibility index (Phi) is 5.28. The highest BCUT2D eigenvalue weighted by molar-refractivity contribution is 5.91. The lowest BCUT2D eigenvalue weighted by molar-refractivity contribution is 0.0926. The van der Waals surface area contributed by atoms with Crippen LogP contribution in [0.3, 0.4) is 0 Å². The molecule has 0 spiro atoms. The van der Waals surface area contributed by atoms with Gasteiger partial charge in [0.25, 0.3) is 5.91 Å². The number of furan rings is 1. The monoisotopic (exact) mass is 327 g/mol. The van der Waals surface area contributed by atoms with Gasteiger partial charge in [0.2, 0.25) is 0 Å². The van der Waals surface area contributed by atoms with Gasteiger partial charge in [0, 0.05) is 26.1 Å². The van der Waals surface area contributed by atoms with E-state index in [-0.39, 0.29) is 5.91 Å². The van der Waals surface area contributed by atoms with Gasteiger partial charge in [-0.3, -0.25) is 4.79 Å². The summed E-state index contributed by atoms with van der Waals surface area (Å²) in [4.78, 5) is 16.6. The van der Waals surface area contributed by atoms with Crippen molar-refractivity contribution in [2.45, 2.75) is 19.9 Å². The minimum atomic E-state index is -0.211. The number of nitrogens with one attached hydrogen (secondary N) is 1. The second kappa shape index (κ2) is 7.79. The van der Waals surface area contributed by atoms with E-state index in [1.54, 1.807) is 12.1 Å². The minimum Gasteiger partial charge on any atom is -0.459 e. The van der Waals surface area contributed by atoms with Gasteiger partial charge in [0.05, 0.1) is 23.9 Å². The van der Waals surface area contributed by atoms with Gasteiger partial charge in [-0.05, 0) is 31.2 Å². The van der Waals surface area contributed by atoms with Crippen LogP contribution in [0.2, 0.25) is 0 Å². The quantitative estimate of drug-likeness (QED) is 0.646. The molecule has 6 heteroatoms. The summed E-state index contributed by atoms with van der Waals surface area (Å²) in [7, 11) is 0. The molecule has 1 aromatic carbocycles. The zero-order valence-electron chi connectivity index (χ0n) is 13.7. The Hall–Kier alpha value is -2.60. The first-order chi connectivity index (χ1) is 11.8. The van der Waals surface area contributed by atoms with E-state index in [0.29, 0.717) is 31.9 Å². The van der Waals surface area contributed by atoms with Crippen molar-refractivity contribution in [1.29, 1.82) is 0 Å². The molecule has 0 bridgehead atoms. The van der Waals surface area contributed by atoms with Crippen molar-refractivity contribution in [3.63, 3.8) is 0 Å². The standard InChI is InChI=1S/C18H21N3O3/c1-2-23-13-11-21-15-7-4-3-6-14(15)20-17(21)9-10-19-18(22)16-8-5-12-24-16/h3-8,12H,2,9-11,13H2,1H3,(H,19,22). The molecule has 2 heterocycles. The van der Waals surface area contributed by atoms with Crippen LogP contribution in [0, 0.1) is 0 Å². The number of hydrogen-bond donors (Lipinski definition) is 1. The molecular formula is C18H21N3O3. The van der Waals surface area contributed by atoms with E-state index in [2.05, 4.69) is 20.9 Å². The molecule has 0 aliphatic heterocycles. The fraction of sp³-hybridized carbons (Fsp3) is 0.333. The van der Waals surface area contributed by atoms with E-state index in [1.165, 1.54) is 6.26 Å². The number of amides is 1. The number of imidazole rings is 1. The number of para-hydroxylation sites is 2. The minimum absolute atomic E-state index is 0.211. The average molecular weight is 327 g/mol. The zero-order valence-corrected chi connectivity index (χ0v) is 13.7. The fourth-order valence-corrected chi connectivity index (χ4v) is 2.65. The number of carbonyl (C=O) groups excluding carboxylic acids is 1. The van der Waals surface area contributed by atoms with Crippen molar-refractivity contribution in [1.82, 2.24) is 14.9 Å². The highest BCUT2D eigenvalue weighted by Gasteiger charge is 2.12. The van der Waals surface area contributed by atoms with Gasteiger partial charge in [-0.25, -0.2) is 4.98 Å². The summed E-state index contributed by atoms with van der Waals surface area (Å²) in [5, 5.41) is 2.86. The Morgan fingerprint density at radius 2 is 2.17 bits per heavy atom. The lowest BCUT2D eigenvalue weighted by atomic mass is 10.3. The normalized spacial score (nSPS) is 11.0. The zero-order chi connectivity index (χ0) is 16.8. The van der Waals surface area contributed by atoms with Gasteiger partial charge >= 0.3 is 0 Å². The van der Waals surface area contributed by atoms with Crippen molar-refractivity contribution in [2.75, 3.05) is 19.8 Å². The Labute approximate surface area is 140 Å². The number of fused-ring (bicyclic) bond motifs is 1. The summed E-state index contributed by atoms with van der Waals surface area (Å²) in [6.07, 6.45) is 2.13. The Bertz CT molecular complexity index is 793. The lowest BCUT2D eigenvalue weighted by Gasteiger charge is -2.09. The summed E-state index contributed by atoms with van der Waals surface area (Å²) in [6.45, 7) is 4.56. The van der Waals surface area contributed by atoms with E-state index < -0.39 is 0 Å². The molecule has 126 valence electrons. The number of carbonyl (C=O) groups is 1. The first-order valence-electron chi connectivity index (χ1n) is 8.13. The third-order valence-electron chi connectivity index (χ3n) is 3.78. The Morgan fingerprint density at radius 1 is 1.29 bits per heavy atom. The number of aromatic nitrogens is 2. The molecule has 3 rings (SSSR count). The van der Waals surface area contributed by atoms with E-state index in [1.807, 2.05) is 25.1 Å². The molecule has 1 amide bonds. The van der Waals surface area contributed by atoms with Gasteiger partial charge < -0.3 is 19.0 Å². The van der Waals surface area contributed by atoms with Gasteiger partial charge in [-0.2, -0.15) is 0 Å². The first kappa shape index (κ1) is 16.3. The van der Waals surface area contributed by atoms with Crippen LogP contribution in [0.15, 0.2) is 47.1 Å². The second-order valence-electron chi connectivity index (χ2n) is 5.35. The highest BCUT2D eigenvalue weighted by Crippen LogP contribution is 2.16. The summed E-state index contributed by atoms with van der Waals surface area (Å²) >= 11 is 0. The van der Waals surface area contributed by atoms with Crippen molar-refractivity contribution in [3.05, 3.63) is 54.2 Å². The van der Waals surface area contributed by atoms with Crippen LogP contribution in [0.25, 0.3) is 11.0 Å². The summed E-state index contributed by atoms with van der Waals surface area (Å²) in [6, 6.07) is 11.4. The second-order valence-corrected chi connectivity index (χ2v) is 5.35. The molecule has 2 aromatic heterocycles. The Morgan fingerprint density at radius 3 is 2.96 bits per heavy atom. The van der Waals surface area contributed by atoms with E-state index >= 15 is 0 Å². The smallest absolute Gasteiger partial charge is 0.286 e. The van der Waals surface area contributed by atoms with Crippen molar-refractivity contribution in [3.8, 4) is 0 Å². The summed E-state index contributed by atoms with van der Waals surface area (Å²) in [5.41, 5.74) is 2.05. The first-order valence-corrected chi connectivity index (χ1v) is 8.13. The maximum atomic E-state index is 11.9. The molecule has 6 nitrogen and oxygen atoms in total. The summed E-state index contributed by atoms with van der Waals surface area (Å²) in [5.74, 6) is 1.05. The predicted molar refractivity (Wildman–Crippen MR) is 91.0 cm³/mol. The van der Waals surface area contributed by atoms with Gasteiger partial charge in [0.1, 0.15) is 5.82 Å². The molecule has 24 heavy (non-hydrogen) atoms. The van der Waals surface area contributed by atoms with Gasteiger partial charge in [0.15, 0.2) is 5.76 Å². The molecule has 3 aromatic rings. The van der Waals surface area contributed by atoms with Crippen molar-refractivity contribution < 1.29 is 13.9 Å². The van der Waals surface area contributed by atoms with E-state index in [0.717, 1.165) is 23.4 Å². The third-order valence-corrected chi connectivity index (χ3v) is 3.78. The SMILES string of the molecule is CCOCCn1c(CCNC(=O)c2ccco2)nc2ccccc21. The van der Waals surface area contributed by atoms with Crippen molar-refractivity contribution >= 4 is 16.9 Å². The van der Waals surface area contributed by atoms with Crippen LogP contribution >= 0.6 is 0 Å². The highest BCUT2D eigenvalue weighted by atomic mass is 16.5. The molecule has 0 radical (unpaired) electrons. The molecule has 0 saturated carbocycles. The van der Waals surface area contributed by atoms with Crippen molar-refractivity contribution in [2.24, 2.45) is 0 Å². The maximum absolute atomic E-state index is 11.9. The summed E-state index contributed by atoms with van der Waals surface area (Å²) < 4.78 is 12.7. The number of nitrogens with zero attached hydrogens (tertiary/aromatic N) is 2. The molecule has 0 aliphatic carbocycles. The number of rotatable bonds is 8. The van der Waals surface area contributed by atoms with Crippen LogP contribution in [0.4, 0.5) is 0 Å². The van der Waals surface area contributed by atoms with Crippen LogP contribution in [0.1, 0.15) is 23.3 Å². The van der Waals surface area contributed by atoms with Crippen LogP contribution in [0.5, 0.6) is 0 Å². The number of ether oxygens (including phenoxy) is 1. The molecule has 1 N–H and O–H groups in total. The molecule has 0 atom stereocenters. The van der Waals surface area contributed by atoms with Crippen LogP contribution in [-0.4, -0.2) is 35.2 Å². The maximum Gasteiger partial charge on any atom is 0.286 e. The topological polar surface area (TPSA) is 69.3 Å². The number of benzene rings is 1. The predicted octanol–water partition coefficient (Wildman–Crippen LogP) is 2.64. The van der Waals surface area contributed by atoms with Gasteiger partial charge in [-0.1, -0.05) is 12.1 Å². The molecule has 0 aliphatic rings. The molecular weight excluding hydrogens is 306 g/mol. The average Bonchev–Trinajstić information content (AvgIpc) is 3.23. The third kappa shape index (κ3) is 3.65. The Balaban J connectivity index is 1.68. The molecule has 0 fully saturated rings. The lowest BCUT2D eigenvalue weighted by Crippen LogP contribution is -2.26. The largest absolute Gasteiger partial charge is 0.459 e.